The third-order valence-electron chi connectivity index (χ3n) is 6.25. The Hall–Kier alpha value is -2.46. The van der Waals surface area contributed by atoms with Crippen LogP contribution in [0.5, 0.6) is 0 Å². The molecule has 2 aliphatic rings. The number of likely N-dealkylation sites (tertiary alicyclic amines) is 1. The molecular formula is C25H31N3O. The molecule has 2 aromatic rings. The minimum absolute atomic E-state index is 0.0249. The number of hydrogen-bond donors (Lipinski definition) is 0. The van der Waals surface area contributed by atoms with Gasteiger partial charge in [0, 0.05) is 6.42 Å². The van der Waals surface area contributed by atoms with Gasteiger partial charge >= 0.3 is 0 Å². The average Bonchev–Trinajstić information content (AvgIpc) is 3.16. The molecule has 29 heavy (non-hydrogen) atoms. The van der Waals surface area contributed by atoms with Gasteiger partial charge < -0.3 is 0 Å². The second-order valence-electron chi connectivity index (χ2n) is 8.74. The molecule has 0 aromatic heterocycles. The van der Waals surface area contributed by atoms with Crippen molar-refractivity contribution >= 4 is 11.6 Å². The lowest BCUT2D eigenvalue weighted by Crippen LogP contribution is -2.41. The third-order valence-corrected chi connectivity index (χ3v) is 6.25. The lowest BCUT2D eigenvalue weighted by Gasteiger charge is -2.31. The van der Waals surface area contributed by atoms with Crippen molar-refractivity contribution in [1.29, 1.82) is 0 Å². The van der Waals surface area contributed by atoms with E-state index >= 15 is 0 Å². The zero-order chi connectivity index (χ0) is 20.4. The van der Waals surface area contributed by atoms with E-state index in [-0.39, 0.29) is 11.9 Å². The van der Waals surface area contributed by atoms with Gasteiger partial charge in [-0.05, 0) is 56.8 Å². The zero-order valence-corrected chi connectivity index (χ0v) is 17.8. The Labute approximate surface area is 174 Å². The summed E-state index contributed by atoms with van der Waals surface area (Å²) < 4.78 is 0. The van der Waals surface area contributed by atoms with E-state index in [0.29, 0.717) is 6.54 Å². The average molecular weight is 390 g/mol. The monoisotopic (exact) mass is 389 g/mol. The molecule has 2 aromatic carbocycles. The van der Waals surface area contributed by atoms with Gasteiger partial charge in [-0.25, -0.2) is 5.01 Å². The van der Waals surface area contributed by atoms with Crippen LogP contribution in [0.4, 0.5) is 0 Å². The maximum Gasteiger partial charge on any atom is 0.257 e. The van der Waals surface area contributed by atoms with Crippen molar-refractivity contribution in [3.05, 3.63) is 70.8 Å². The second kappa shape index (κ2) is 8.50. The second-order valence-corrected chi connectivity index (χ2v) is 8.74. The summed E-state index contributed by atoms with van der Waals surface area (Å²) in [7, 11) is 0. The number of aryl methyl sites for hydroxylation is 2. The summed E-state index contributed by atoms with van der Waals surface area (Å²) in [5.74, 6) is 0.867. The lowest BCUT2D eigenvalue weighted by molar-refractivity contribution is -0.134. The predicted octanol–water partition coefficient (Wildman–Crippen LogP) is 4.71. The summed E-state index contributed by atoms with van der Waals surface area (Å²) in [5, 5.41) is 6.57. The third kappa shape index (κ3) is 4.59. The van der Waals surface area contributed by atoms with E-state index < -0.39 is 0 Å². The summed E-state index contributed by atoms with van der Waals surface area (Å²) in [5.41, 5.74) is 5.72. The highest BCUT2D eigenvalue weighted by Gasteiger charge is 2.34. The number of hydrazone groups is 1. The van der Waals surface area contributed by atoms with Crippen LogP contribution < -0.4 is 0 Å². The summed E-state index contributed by atoms with van der Waals surface area (Å²) in [4.78, 5) is 15.5. The fraction of sp³-hybridized carbons (Fsp3) is 0.440. The molecule has 4 nitrogen and oxygen atoms in total. The molecule has 152 valence electrons. The molecule has 1 amide bonds. The Morgan fingerprint density at radius 2 is 1.55 bits per heavy atom. The van der Waals surface area contributed by atoms with Crippen LogP contribution in [-0.2, 0) is 4.79 Å². The molecule has 1 unspecified atom stereocenters. The molecule has 1 atom stereocenters. The molecule has 2 aliphatic heterocycles. The fourth-order valence-corrected chi connectivity index (χ4v) is 4.19. The largest absolute Gasteiger partial charge is 0.294 e. The number of carbonyl (C=O) groups excluding carboxylic acids is 1. The Morgan fingerprint density at radius 1 is 0.966 bits per heavy atom. The van der Waals surface area contributed by atoms with Crippen LogP contribution in [0.3, 0.4) is 0 Å². The lowest BCUT2D eigenvalue weighted by atomic mass is 9.97. The van der Waals surface area contributed by atoms with Gasteiger partial charge in [0.2, 0.25) is 0 Å². The van der Waals surface area contributed by atoms with Crippen LogP contribution in [0.25, 0.3) is 0 Å². The first-order chi connectivity index (χ1) is 14.0. The van der Waals surface area contributed by atoms with Crippen molar-refractivity contribution in [2.45, 2.75) is 46.1 Å². The number of nitrogens with zero attached hydrogens (tertiary/aromatic N) is 3. The Bertz CT molecular complexity index is 877. The minimum atomic E-state index is -0.0249. The molecule has 0 saturated carbocycles. The van der Waals surface area contributed by atoms with Crippen LogP contribution >= 0.6 is 0 Å². The van der Waals surface area contributed by atoms with Crippen LogP contribution in [0.15, 0.2) is 53.6 Å². The van der Waals surface area contributed by atoms with Crippen LogP contribution in [-0.4, -0.2) is 41.2 Å². The topological polar surface area (TPSA) is 35.9 Å². The fourth-order valence-electron chi connectivity index (χ4n) is 4.19. The zero-order valence-electron chi connectivity index (χ0n) is 17.8. The summed E-state index contributed by atoms with van der Waals surface area (Å²) in [6.45, 7) is 8.94. The first kappa shape index (κ1) is 19.8. The SMILES string of the molecule is Cc1ccc(C2=NN(C(=O)CN3CCC(C)CC3)C(c3ccc(C)cc3)C2)cc1. The van der Waals surface area contributed by atoms with Crippen LogP contribution in [0.2, 0.25) is 0 Å². The number of rotatable bonds is 4. The van der Waals surface area contributed by atoms with Gasteiger partial charge in [0.15, 0.2) is 0 Å². The van der Waals surface area contributed by atoms with Gasteiger partial charge in [-0.1, -0.05) is 66.6 Å². The number of amides is 1. The van der Waals surface area contributed by atoms with E-state index in [1.165, 1.54) is 24.0 Å². The molecule has 2 heterocycles. The van der Waals surface area contributed by atoms with Gasteiger partial charge in [-0.3, -0.25) is 9.69 Å². The van der Waals surface area contributed by atoms with Crippen molar-refractivity contribution in [2.24, 2.45) is 11.0 Å². The van der Waals surface area contributed by atoms with Gasteiger partial charge in [0.05, 0.1) is 18.3 Å². The highest BCUT2D eigenvalue weighted by atomic mass is 16.2. The van der Waals surface area contributed by atoms with E-state index in [9.17, 15) is 4.79 Å². The van der Waals surface area contributed by atoms with Gasteiger partial charge in [0.1, 0.15) is 0 Å². The number of carbonyl (C=O) groups is 1. The van der Waals surface area contributed by atoms with Crippen LogP contribution in [0.1, 0.15) is 54.5 Å². The molecular weight excluding hydrogens is 358 g/mol. The van der Waals surface area contributed by atoms with Crippen molar-refractivity contribution in [3.63, 3.8) is 0 Å². The molecule has 0 aliphatic carbocycles. The van der Waals surface area contributed by atoms with Crippen LogP contribution in [0, 0.1) is 19.8 Å². The Morgan fingerprint density at radius 3 is 2.17 bits per heavy atom. The Balaban J connectivity index is 1.57. The number of piperidine rings is 1. The minimum Gasteiger partial charge on any atom is -0.294 e. The van der Waals surface area contributed by atoms with E-state index in [1.54, 1.807) is 5.01 Å². The molecule has 1 fully saturated rings. The standard InChI is InChI=1S/C25H31N3O/c1-18-4-8-21(9-5-18)23-16-24(22-10-6-19(2)7-11-22)28(26-23)25(29)17-27-14-12-20(3)13-15-27/h4-11,20,24H,12-17H2,1-3H3. The maximum atomic E-state index is 13.3. The highest BCUT2D eigenvalue weighted by Crippen LogP contribution is 2.33. The van der Waals surface area contributed by atoms with Crippen molar-refractivity contribution in [1.82, 2.24) is 9.91 Å². The quantitative estimate of drug-likeness (QED) is 0.759. The highest BCUT2D eigenvalue weighted by molar-refractivity contribution is 6.03. The van der Waals surface area contributed by atoms with E-state index in [1.807, 2.05) is 0 Å². The molecule has 0 N–H and O–H groups in total. The van der Waals surface area contributed by atoms with Crippen molar-refractivity contribution in [2.75, 3.05) is 19.6 Å². The van der Waals surface area contributed by atoms with E-state index in [2.05, 4.69) is 74.2 Å². The summed E-state index contributed by atoms with van der Waals surface area (Å²) >= 11 is 0. The summed E-state index contributed by atoms with van der Waals surface area (Å²) in [6, 6.07) is 16.9. The van der Waals surface area contributed by atoms with E-state index in [4.69, 9.17) is 5.10 Å². The van der Waals surface area contributed by atoms with Gasteiger partial charge in [-0.2, -0.15) is 5.10 Å². The van der Waals surface area contributed by atoms with Gasteiger partial charge in [-0.15, -0.1) is 0 Å². The Kier molecular flexibility index (Phi) is 5.81. The molecule has 4 rings (SSSR count). The van der Waals surface area contributed by atoms with Crippen molar-refractivity contribution in [3.8, 4) is 0 Å². The molecule has 4 heteroatoms. The molecule has 0 bridgehead atoms. The smallest absolute Gasteiger partial charge is 0.257 e. The van der Waals surface area contributed by atoms with E-state index in [0.717, 1.165) is 42.3 Å². The number of benzene rings is 2. The maximum absolute atomic E-state index is 13.3. The summed E-state index contributed by atoms with van der Waals surface area (Å²) in [6.07, 6.45) is 3.11. The normalized spacial score (nSPS) is 20.7. The first-order valence-corrected chi connectivity index (χ1v) is 10.7. The molecule has 1 saturated heterocycles. The van der Waals surface area contributed by atoms with Crippen molar-refractivity contribution < 1.29 is 4.79 Å². The van der Waals surface area contributed by atoms with Gasteiger partial charge in [0.25, 0.3) is 5.91 Å². The molecule has 0 spiro atoms. The predicted molar refractivity (Wildman–Crippen MR) is 118 cm³/mol. The first-order valence-electron chi connectivity index (χ1n) is 10.7. The molecule has 0 radical (unpaired) electrons. The number of hydrogen-bond acceptors (Lipinski definition) is 3.